The highest BCUT2D eigenvalue weighted by molar-refractivity contribution is 6.35. The van der Waals surface area contributed by atoms with Gasteiger partial charge in [-0.1, -0.05) is 35.3 Å². The first-order valence-electron chi connectivity index (χ1n) is 7.97. The van der Waals surface area contributed by atoms with Gasteiger partial charge in [0.15, 0.2) is 6.61 Å². The summed E-state index contributed by atoms with van der Waals surface area (Å²) in [4.78, 5) is 23.9. The zero-order chi connectivity index (χ0) is 19.1. The standard InChI is InChI=1S/C19H19Cl2NO4/c1-12(2)25-10-13-3-5-14(6-4-13)19(24)26-11-18(23)22-17-9-15(20)7-8-16(17)21/h3-9,12H,10-11H2,1-2H3,(H,22,23). The molecule has 1 N–H and O–H groups in total. The van der Waals surface area contributed by atoms with E-state index >= 15 is 0 Å². The molecule has 2 aromatic carbocycles. The third kappa shape index (κ3) is 6.33. The second kappa shape index (κ2) is 9.57. The lowest BCUT2D eigenvalue weighted by Gasteiger charge is -2.09. The van der Waals surface area contributed by atoms with Crippen molar-refractivity contribution in [3.63, 3.8) is 0 Å². The number of anilines is 1. The van der Waals surface area contributed by atoms with Crippen LogP contribution in [0.3, 0.4) is 0 Å². The first-order valence-corrected chi connectivity index (χ1v) is 8.73. The molecule has 7 heteroatoms. The minimum absolute atomic E-state index is 0.131. The third-order valence-electron chi connectivity index (χ3n) is 3.31. The molecule has 0 aliphatic carbocycles. The Morgan fingerprint density at radius 2 is 1.77 bits per heavy atom. The van der Waals surface area contributed by atoms with E-state index in [-0.39, 0.29) is 6.10 Å². The van der Waals surface area contributed by atoms with Crippen molar-refractivity contribution in [3.05, 3.63) is 63.6 Å². The van der Waals surface area contributed by atoms with Gasteiger partial charge in [-0.2, -0.15) is 0 Å². The van der Waals surface area contributed by atoms with Crippen molar-refractivity contribution in [2.75, 3.05) is 11.9 Å². The Kier molecular flexibility index (Phi) is 7.45. The second-order valence-electron chi connectivity index (χ2n) is 5.81. The molecule has 2 rings (SSSR count). The van der Waals surface area contributed by atoms with Crippen molar-refractivity contribution in [2.45, 2.75) is 26.6 Å². The van der Waals surface area contributed by atoms with E-state index < -0.39 is 18.5 Å². The Balaban J connectivity index is 1.85. The molecule has 138 valence electrons. The molecule has 1 amide bonds. The van der Waals surface area contributed by atoms with Gasteiger partial charge >= 0.3 is 5.97 Å². The predicted molar refractivity (Wildman–Crippen MR) is 102 cm³/mol. The molecule has 0 spiro atoms. The maximum absolute atomic E-state index is 12.0. The fourth-order valence-electron chi connectivity index (χ4n) is 1.99. The van der Waals surface area contributed by atoms with Gasteiger partial charge in [-0.15, -0.1) is 0 Å². The summed E-state index contributed by atoms with van der Waals surface area (Å²) in [5, 5.41) is 3.32. The van der Waals surface area contributed by atoms with E-state index in [1.165, 1.54) is 6.07 Å². The summed E-state index contributed by atoms with van der Waals surface area (Å²) in [6.07, 6.45) is 0.131. The highest BCUT2D eigenvalue weighted by atomic mass is 35.5. The van der Waals surface area contributed by atoms with Gasteiger partial charge in [-0.25, -0.2) is 4.79 Å². The number of hydrogen-bond acceptors (Lipinski definition) is 4. The van der Waals surface area contributed by atoms with Crippen LogP contribution >= 0.6 is 23.2 Å². The van der Waals surface area contributed by atoms with E-state index in [4.69, 9.17) is 32.7 Å². The van der Waals surface area contributed by atoms with Crippen LogP contribution in [0.1, 0.15) is 29.8 Å². The number of carbonyl (C=O) groups excluding carboxylic acids is 2. The fraction of sp³-hybridized carbons (Fsp3) is 0.263. The lowest BCUT2D eigenvalue weighted by molar-refractivity contribution is -0.119. The maximum Gasteiger partial charge on any atom is 0.338 e. The van der Waals surface area contributed by atoms with Crippen molar-refractivity contribution in [3.8, 4) is 0 Å². The average Bonchev–Trinajstić information content (AvgIpc) is 2.61. The molecule has 5 nitrogen and oxygen atoms in total. The van der Waals surface area contributed by atoms with Crippen LogP contribution in [0.25, 0.3) is 0 Å². The van der Waals surface area contributed by atoms with Gasteiger partial charge in [0.1, 0.15) is 0 Å². The van der Waals surface area contributed by atoms with Crippen LogP contribution in [0.2, 0.25) is 10.0 Å². The van der Waals surface area contributed by atoms with Gasteiger partial charge in [0.2, 0.25) is 0 Å². The van der Waals surface area contributed by atoms with Crippen molar-refractivity contribution in [1.29, 1.82) is 0 Å². The molecule has 0 aromatic heterocycles. The number of nitrogens with one attached hydrogen (secondary N) is 1. The topological polar surface area (TPSA) is 64.6 Å². The molecule has 0 fully saturated rings. The number of halogens is 2. The molecule has 0 saturated carbocycles. The summed E-state index contributed by atoms with van der Waals surface area (Å²) < 4.78 is 10.5. The van der Waals surface area contributed by atoms with E-state index in [0.717, 1.165) is 5.56 Å². The average molecular weight is 396 g/mol. The van der Waals surface area contributed by atoms with Gasteiger partial charge in [0, 0.05) is 5.02 Å². The zero-order valence-electron chi connectivity index (χ0n) is 14.4. The van der Waals surface area contributed by atoms with Crippen LogP contribution in [-0.2, 0) is 20.9 Å². The molecule has 26 heavy (non-hydrogen) atoms. The molecular formula is C19H19Cl2NO4. The monoisotopic (exact) mass is 395 g/mol. The van der Waals surface area contributed by atoms with Crippen LogP contribution in [-0.4, -0.2) is 24.6 Å². The van der Waals surface area contributed by atoms with E-state index in [9.17, 15) is 9.59 Å². The van der Waals surface area contributed by atoms with Crippen molar-refractivity contribution >= 4 is 40.8 Å². The second-order valence-corrected chi connectivity index (χ2v) is 6.65. The smallest absolute Gasteiger partial charge is 0.338 e. The number of hydrogen-bond donors (Lipinski definition) is 1. The van der Waals surface area contributed by atoms with Crippen LogP contribution in [0, 0.1) is 0 Å². The Morgan fingerprint density at radius 1 is 1.08 bits per heavy atom. The van der Waals surface area contributed by atoms with Crippen molar-refractivity contribution in [1.82, 2.24) is 0 Å². The molecule has 0 atom stereocenters. The number of ether oxygens (including phenoxy) is 2. The van der Waals surface area contributed by atoms with Gasteiger partial charge in [-0.3, -0.25) is 4.79 Å². The largest absolute Gasteiger partial charge is 0.452 e. The van der Waals surface area contributed by atoms with E-state index in [1.807, 2.05) is 13.8 Å². The molecule has 0 saturated heterocycles. The van der Waals surface area contributed by atoms with E-state index in [2.05, 4.69) is 5.32 Å². The van der Waals surface area contributed by atoms with Gasteiger partial charge in [0.05, 0.1) is 29.0 Å². The summed E-state index contributed by atoms with van der Waals surface area (Å²) in [7, 11) is 0. The molecular weight excluding hydrogens is 377 g/mol. The lowest BCUT2D eigenvalue weighted by atomic mass is 10.1. The van der Waals surface area contributed by atoms with Gasteiger partial charge < -0.3 is 14.8 Å². The summed E-state index contributed by atoms with van der Waals surface area (Å²) in [5.74, 6) is -1.10. The fourth-order valence-corrected chi connectivity index (χ4v) is 2.33. The third-order valence-corrected chi connectivity index (χ3v) is 3.87. The van der Waals surface area contributed by atoms with Crippen molar-refractivity contribution < 1.29 is 19.1 Å². The molecule has 2 aromatic rings. The number of rotatable bonds is 7. The highest BCUT2D eigenvalue weighted by Gasteiger charge is 2.12. The lowest BCUT2D eigenvalue weighted by Crippen LogP contribution is -2.21. The van der Waals surface area contributed by atoms with Gasteiger partial charge in [-0.05, 0) is 49.7 Å². The minimum atomic E-state index is -0.589. The summed E-state index contributed by atoms with van der Waals surface area (Å²) in [5.41, 5.74) is 1.66. The number of amides is 1. The highest BCUT2D eigenvalue weighted by Crippen LogP contribution is 2.25. The van der Waals surface area contributed by atoms with E-state index in [1.54, 1.807) is 36.4 Å². The first-order chi connectivity index (χ1) is 12.3. The summed E-state index contributed by atoms with van der Waals surface area (Å²) >= 11 is 11.8. The quantitative estimate of drug-likeness (QED) is 0.689. The molecule has 0 bridgehead atoms. The Bertz CT molecular complexity index is 776. The molecule has 0 aliphatic rings. The number of carbonyl (C=O) groups is 2. The molecule has 0 radical (unpaired) electrons. The Hall–Kier alpha value is -2.08. The zero-order valence-corrected chi connectivity index (χ0v) is 15.9. The number of esters is 1. The van der Waals surface area contributed by atoms with Crippen molar-refractivity contribution in [2.24, 2.45) is 0 Å². The van der Waals surface area contributed by atoms with E-state index in [0.29, 0.717) is 27.9 Å². The summed E-state index contributed by atoms with van der Waals surface area (Å²) in [6.45, 7) is 3.94. The first kappa shape index (κ1) is 20.2. The molecule has 0 unspecified atom stereocenters. The molecule has 0 aliphatic heterocycles. The normalized spacial score (nSPS) is 10.7. The van der Waals surface area contributed by atoms with Crippen LogP contribution in [0.15, 0.2) is 42.5 Å². The Labute approximate surface area is 162 Å². The van der Waals surface area contributed by atoms with Crippen LogP contribution < -0.4 is 5.32 Å². The van der Waals surface area contributed by atoms with Crippen LogP contribution in [0.4, 0.5) is 5.69 Å². The molecule has 0 heterocycles. The predicted octanol–water partition coefficient (Wildman–Crippen LogP) is 4.71. The van der Waals surface area contributed by atoms with Gasteiger partial charge in [0.25, 0.3) is 5.91 Å². The van der Waals surface area contributed by atoms with Crippen LogP contribution in [0.5, 0.6) is 0 Å². The maximum atomic E-state index is 12.0. The summed E-state index contributed by atoms with van der Waals surface area (Å²) in [6, 6.07) is 11.5. The number of benzene rings is 2. The minimum Gasteiger partial charge on any atom is -0.452 e. The SMILES string of the molecule is CC(C)OCc1ccc(C(=O)OCC(=O)Nc2cc(Cl)ccc2Cl)cc1. The Morgan fingerprint density at radius 3 is 2.42 bits per heavy atom.